The molecule has 3 heteroatoms. The zero-order valence-corrected chi connectivity index (χ0v) is 10.3. The van der Waals surface area contributed by atoms with Crippen molar-refractivity contribution >= 4 is 11.6 Å². The van der Waals surface area contributed by atoms with Gasteiger partial charge in [-0.15, -0.1) is 0 Å². The van der Waals surface area contributed by atoms with Gasteiger partial charge in [-0.2, -0.15) is 0 Å². The molecule has 0 N–H and O–H groups in total. The van der Waals surface area contributed by atoms with Gasteiger partial charge in [0, 0.05) is 12.2 Å². The van der Waals surface area contributed by atoms with Gasteiger partial charge in [0.05, 0.1) is 11.8 Å². The Morgan fingerprint density at radius 1 is 1.33 bits per heavy atom. The third-order valence-electron chi connectivity index (χ3n) is 3.37. The zero-order valence-electron chi connectivity index (χ0n) is 10.3. The summed E-state index contributed by atoms with van der Waals surface area (Å²) in [6, 6.07) is 7.98. The Hall–Kier alpha value is -2.03. The minimum atomic E-state index is 0.0218. The Balaban J connectivity index is 1.99. The van der Waals surface area contributed by atoms with E-state index < -0.39 is 0 Å². The Morgan fingerprint density at radius 2 is 2.22 bits per heavy atom. The SMILES string of the molecule is Cc1ccc2c(c1)CCCN2C(=O)c1ccoc1. The fraction of sp³-hybridized carbons (Fsp3) is 0.267. The van der Waals surface area contributed by atoms with Gasteiger partial charge in [0.1, 0.15) is 6.26 Å². The Bertz CT molecular complexity index is 572. The molecule has 0 aliphatic carbocycles. The molecule has 18 heavy (non-hydrogen) atoms. The number of nitrogens with zero attached hydrogens (tertiary/aromatic N) is 1. The standard InChI is InChI=1S/C15H15NO2/c1-11-4-5-14-12(9-11)3-2-7-16(14)15(17)13-6-8-18-10-13/h4-6,8-10H,2-3,7H2,1H3. The van der Waals surface area contributed by atoms with Gasteiger partial charge in [-0.3, -0.25) is 4.79 Å². The Morgan fingerprint density at radius 3 is 3.00 bits per heavy atom. The maximum atomic E-state index is 12.4. The first-order valence-corrected chi connectivity index (χ1v) is 6.19. The molecule has 0 saturated heterocycles. The van der Waals surface area contributed by atoms with Crippen LogP contribution in [0, 0.1) is 6.92 Å². The number of hydrogen-bond acceptors (Lipinski definition) is 2. The fourth-order valence-electron chi connectivity index (χ4n) is 2.48. The third-order valence-corrected chi connectivity index (χ3v) is 3.37. The molecule has 1 aromatic carbocycles. The molecule has 1 amide bonds. The molecule has 0 atom stereocenters. The van der Waals surface area contributed by atoms with Crippen molar-refractivity contribution in [2.45, 2.75) is 19.8 Å². The molecule has 0 fully saturated rings. The molecule has 0 spiro atoms. The first kappa shape index (κ1) is 11.1. The van der Waals surface area contributed by atoms with Crippen LogP contribution in [-0.2, 0) is 6.42 Å². The van der Waals surface area contributed by atoms with E-state index in [9.17, 15) is 4.79 Å². The summed E-state index contributed by atoms with van der Waals surface area (Å²) in [5, 5.41) is 0. The number of anilines is 1. The predicted molar refractivity (Wildman–Crippen MR) is 69.9 cm³/mol. The lowest BCUT2D eigenvalue weighted by molar-refractivity contribution is 0.0984. The number of hydrogen-bond donors (Lipinski definition) is 0. The topological polar surface area (TPSA) is 33.5 Å². The second kappa shape index (κ2) is 4.33. The van der Waals surface area contributed by atoms with Crippen molar-refractivity contribution in [3.63, 3.8) is 0 Å². The van der Waals surface area contributed by atoms with Gasteiger partial charge in [-0.05, 0) is 37.5 Å². The van der Waals surface area contributed by atoms with Gasteiger partial charge >= 0.3 is 0 Å². The first-order chi connectivity index (χ1) is 8.75. The number of fused-ring (bicyclic) bond motifs is 1. The van der Waals surface area contributed by atoms with E-state index >= 15 is 0 Å². The maximum absolute atomic E-state index is 12.4. The highest BCUT2D eigenvalue weighted by Gasteiger charge is 2.23. The van der Waals surface area contributed by atoms with Gasteiger partial charge < -0.3 is 9.32 Å². The predicted octanol–water partition coefficient (Wildman–Crippen LogP) is 3.18. The van der Waals surface area contributed by atoms with Crippen LogP contribution in [-0.4, -0.2) is 12.5 Å². The second-order valence-corrected chi connectivity index (χ2v) is 4.70. The summed E-state index contributed by atoms with van der Waals surface area (Å²) < 4.78 is 4.99. The van der Waals surface area contributed by atoms with Gasteiger partial charge in [-0.1, -0.05) is 17.7 Å². The van der Waals surface area contributed by atoms with Crippen LogP contribution in [0.3, 0.4) is 0 Å². The molecule has 1 aliphatic heterocycles. The first-order valence-electron chi connectivity index (χ1n) is 6.19. The average molecular weight is 241 g/mol. The van der Waals surface area contributed by atoms with Crippen molar-refractivity contribution in [1.29, 1.82) is 0 Å². The molecule has 3 nitrogen and oxygen atoms in total. The third kappa shape index (κ3) is 1.82. The van der Waals surface area contributed by atoms with E-state index in [1.54, 1.807) is 6.07 Å². The van der Waals surface area contributed by atoms with E-state index in [0.29, 0.717) is 5.56 Å². The largest absolute Gasteiger partial charge is 0.472 e. The summed E-state index contributed by atoms with van der Waals surface area (Å²) in [5.74, 6) is 0.0218. The van der Waals surface area contributed by atoms with Crippen molar-refractivity contribution in [2.75, 3.05) is 11.4 Å². The molecule has 2 aromatic rings. The molecule has 3 rings (SSSR count). The van der Waals surface area contributed by atoms with E-state index in [0.717, 1.165) is 25.1 Å². The minimum absolute atomic E-state index is 0.0218. The maximum Gasteiger partial charge on any atom is 0.261 e. The molecule has 0 radical (unpaired) electrons. The van der Waals surface area contributed by atoms with Crippen LogP contribution >= 0.6 is 0 Å². The molecule has 1 aromatic heterocycles. The number of carbonyl (C=O) groups excluding carboxylic acids is 1. The Kier molecular flexibility index (Phi) is 2.67. The van der Waals surface area contributed by atoms with E-state index in [4.69, 9.17) is 4.42 Å². The van der Waals surface area contributed by atoms with Gasteiger partial charge in [-0.25, -0.2) is 0 Å². The van der Waals surface area contributed by atoms with Crippen LogP contribution in [0.4, 0.5) is 5.69 Å². The number of amides is 1. The van der Waals surface area contributed by atoms with Crippen LogP contribution in [0.15, 0.2) is 41.2 Å². The van der Waals surface area contributed by atoms with Gasteiger partial charge in [0.15, 0.2) is 0 Å². The molecule has 0 unspecified atom stereocenters. The van der Waals surface area contributed by atoms with Crippen molar-refractivity contribution < 1.29 is 9.21 Å². The summed E-state index contributed by atoms with van der Waals surface area (Å²) in [4.78, 5) is 14.2. The van der Waals surface area contributed by atoms with Crippen LogP contribution in [0.1, 0.15) is 27.9 Å². The van der Waals surface area contributed by atoms with E-state index in [1.165, 1.54) is 23.7 Å². The number of aryl methyl sites for hydroxylation is 2. The molecule has 0 bridgehead atoms. The molecular formula is C15H15NO2. The second-order valence-electron chi connectivity index (χ2n) is 4.70. The summed E-state index contributed by atoms with van der Waals surface area (Å²) in [5.41, 5.74) is 4.16. The zero-order chi connectivity index (χ0) is 12.5. The van der Waals surface area contributed by atoms with Crippen LogP contribution < -0.4 is 4.90 Å². The van der Waals surface area contributed by atoms with Crippen LogP contribution in [0.2, 0.25) is 0 Å². The summed E-state index contributed by atoms with van der Waals surface area (Å²) in [6.07, 6.45) is 5.10. The lowest BCUT2D eigenvalue weighted by atomic mass is 9.99. The lowest BCUT2D eigenvalue weighted by Gasteiger charge is -2.29. The van der Waals surface area contributed by atoms with Gasteiger partial charge in [0.2, 0.25) is 0 Å². The van der Waals surface area contributed by atoms with Crippen molar-refractivity contribution in [1.82, 2.24) is 0 Å². The number of furan rings is 1. The summed E-state index contributed by atoms with van der Waals surface area (Å²) in [7, 11) is 0. The van der Waals surface area contributed by atoms with Crippen LogP contribution in [0.25, 0.3) is 0 Å². The molecule has 2 heterocycles. The highest BCUT2D eigenvalue weighted by molar-refractivity contribution is 6.06. The normalized spacial score (nSPS) is 14.4. The molecule has 0 saturated carbocycles. The average Bonchev–Trinajstić information content (AvgIpc) is 2.90. The van der Waals surface area contributed by atoms with Crippen molar-refractivity contribution in [3.05, 3.63) is 53.5 Å². The van der Waals surface area contributed by atoms with Crippen LogP contribution in [0.5, 0.6) is 0 Å². The summed E-state index contributed by atoms with van der Waals surface area (Å²) >= 11 is 0. The van der Waals surface area contributed by atoms with Crippen molar-refractivity contribution in [3.8, 4) is 0 Å². The molecule has 1 aliphatic rings. The van der Waals surface area contributed by atoms with Gasteiger partial charge in [0.25, 0.3) is 5.91 Å². The summed E-state index contributed by atoms with van der Waals surface area (Å²) in [6.45, 7) is 2.86. The minimum Gasteiger partial charge on any atom is -0.472 e. The quantitative estimate of drug-likeness (QED) is 0.768. The molecule has 92 valence electrons. The highest BCUT2D eigenvalue weighted by atomic mass is 16.3. The van der Waals surface area contributed by atoms with E-state index in [-0.39, 0.29) is 5.91 Å². The highest BCUT2D eigenvalue weighted by Crippen LogP contribution is 2.29. The number of rotatable bonds is 1. The monoisotopic (exact) mass is 241 g/mol. The number of benzene rings is 1. The van der Waals surface area contributed by atoms with E-state index in [1.807, 2.05) is 11.0 Å². The van der Waals surface area contributed by atoms with Crippen molar-refractivity contribution in [2.24, 2.45) is 0 Å². The smallest absolute Gasteiger partial charge is 0.261 e. The number of carbonyl (C=O) groups is 1. The molecular weight excluding hydrogens is 226 g/mol. The fourth-order valence-corrected chi connectivity index (χ4v) is 2.48. The van der Waals surface area contributed by atoms with E-state index in [2.05, 4.69) is 19.1 Å². The Labute approximate surface area is 106 Å². The lowest BCUT2D eigenvalue weighted by Crippen LogP contribution is -2.35.